The van der Waals surface area contributed by atoms with Gasteiger partial charge in [-0.15, -0.1) is 0 Å². The fourth-order valence-corrected chi connectivity index (χ4v) is 2.61. The summed E-state index contributed by atoms with van der Waals surface area (Å²) in [5.41, 5.74) is -0.749. The van der Waals surface area contributed by atoms with Crippen molar-refractivity contribution >= 4 is 12.0 Å². The molecule has 18 heavy (non-hydrogen) atoms. The largest absolute Gasteiger partial charge is 0.481 e. The van der Waals surface area contributed by atoms with Gasteiger partial charge in [-0.1, -0.05) is 13.3 Å². The maximum Gasteiger partial charge on any atom is 0.317 e. The molecule has 0 saturated carbocycles. The molecule has 1 rings (SSSR count). The molecule has 1 aliphatic heterocycles. The van der Waals surface area contributed by atoms with Crippen molar-refractivity contribution < 1.29 is 14.7 Å². The summed E-state index contributed by atoms with van der Waals surface area (Å²) in [5, 5.41) is 12.3. The number of piperidine rings is 1. The van der Waals surface area contributed by atoms with Crippen LogP contribution in [0.1, 0.15) is 46.5 Å². The van der Waals surface area contributed by atoms with E-state index in [0.717, 1.165) is 12.8 Å². The number of urea groups is 1. The standard InChI is InChI=1S/C13H24N2O3/c1-4-6-13(11(16)17)7-5-8-15(9-13)12(18)14-10(2)3/h10H,4-9H2,1-3H3,(H,14,18)(H,16,17). The average molecular weight is 256 g/mol. The smallest absolute Gasteiger partial charge is 0.317 e. The Hall–Kier alpha value is -1.26. The summed E-state index contributed by atoms with van der Waals surface area (Å²) >= 11 is 0. The van der Waals surface area contributed by atoms with Crippen molar-refractivity contribution in [3.8, 4) is 0 Å². The van der Waals surface area contributed by atoms with Crippen molar-refractivity contribution in [2.24, 2.45) is 5.41 Å². The first-order valence-electron chi connectivity index (χ1n) is 6.70. The monoisotopic (exact) mass is 256 g/mol. The van der Waals surface area contributed by atoms with Gasteiger partial charge in [0, 0.05) is 19.1 Å². The number of nitrogens with zero attached hydrogens (tertiary/aromatic N) is 1. The van der Waals surface area contributed by atoms with Crippen LogP contribution in [0.4, 0.5) is 4.79 Å². The van der Waals surface area contributed by atoms with Gasteiger partial charge in [-0.2, -0.15) is 0 Å². The van der Waals surface area contributed by atoms with E-state index in [0.29, 0.717) is 25.9 Å². The van der Waals surface area contributed by atoms with Crippen LogP contribution in [0.5, 0.6) is 0 Å². The summed E-state index contributed by atoms with van der Waals surface area (Å²) in [6.45, 7) is 6.76. The lowest BCUT2D eigenvalue weighted by Crippen LogP contribution is -2.53. The molecule has 104 valence electrons. The van der Waals surface area contributed by atoms with E-state index in [1.54, 1.807) is 4.90 Å². The van der Waals surface area contributed by atoms with E-state index < -0.39 is 11.4 Å². The second kappa shape index (κ2) is 6.07. The van der Waals surface area contributed by atoms with E-state index >= 15 is 0 Å². The van der Waals surface area contributed by atoms with Gasteiger partial charge < -0.3 is 15.3 Å². The Balaban J connectivity index is 2.74. The van der Waals surface area contributed by atoms with Gasteiger partial charge in [0.15, 0.2) is 0 Å². The first-order valence-corrected chi connectivity index (χ1v) is 6.70. The number of hydrogen-bond acceptors (Lipinski definition) is 2. The number of carboxylic acid groups (broad SMARTS) is 1. The zero-order valence-electron chi connectivity index (χ0n) is 11.5. The van der Waals surface area contributed by atoms with Crippen LogP contribution in [0.15, 0.2) is 0 Å². The molecule has 1 fully saturated rings. The Labute approximate surface area is 109 Å². The van der Waals surface area contributed by atoms with Crippen molar-refractivity contribution in [1.29, 1.82) is 0 Å². The van der Waals surface area contributed by atoms with E-state index in [1.807, 2.05) is 20.8 Å². The number of carbonyl (C=O) groups is 2. The molecule has 0 radical (unpaired) electrons. The molecule has 0 aliphatic carbocycles. The van der Waals surface area contributed by atoms with E-state index in [-0.39, 0.29) is 12.1 Å². The normalized spacial score (nSPS) is 24.1. The van der Waals surface area contributed by atoms with Crippen molar-refractivity contribution in [1.82, 2.24) is 10.2 Å². The Bertz CT molecular complexity index is 313. The van der Waals surface area contributed by atoms with Crippen LogP contribution < -0.4 is 5.32 Å². The van der Waals surface area contributed by atoms with Crippen LogP contribution in [0.2, 0.25) is 0 Å². The molecule has 1 saturated heterocycles. The molecule has 0 aromatic rings. The van der Waals surface area contributed by atoms with Crippen molar-refractivity contribution in [3.05, 3.63) is 0 Å². The number of likely N-dealkylation sites (tertiary alicyclic amines) is 1. The molecule has 5 nitrogen and oxygen atoms in total. The van der Waals surface area contributed by atoms with Gasteiger partial charge >= 0.3 is 12.0 Å². The predicted octanol–water partition coefficient (Wildman–Crippen LogP) is 2.07. The number of amides is 2. The summed E-state index contributed by atoms with van der Waals surface area (Å²) in [6, 6.07) is -0.0729. The van der Waals surface area contributed by atoms with Crippen LogP contribution in [0, 0.1) is 5.41 Å². The fourth-order valence-electron chi connectivity index (χ4n) is 2.61. The molecule has 1 aliphatic rings. The number of hydrogen-bond donors (Lipinski definition) is 2. The predicted molar refractivity (Wildman–Crippen MR) is 69.5 cm³/mol. The Morgan fingerprint density at radius 1 is 1.44 bits per heavy atom. The van der Waals surface area contributed by atoms with E-state index in [2.05, 4.69) is 5.32 Å². The zero-order valence-corrected chi connectivity index (χ0v) is 11.5. The van der Waals surface area contributed by atoms with E-state index in [9.17, 15) is 14.7 Å². The van der Waals surface area contributed by atoms with Gasteiger partial charge in [0.05, 0.1) is 5.41 Å². The molecular formula is C13H24N2O3. The average Bonchev–Trinajstić information content (AvgIpc) is 2.28. The number of carbonyl (C=O) groups excluding carboxylic acids is 1. The van der Waals surface area contributed by atoms with Crippen LogP contribution in [0.25, 0.3) is 0 Å². The van der Waals surface area contributed by atoms with Gasteiger partial charge in [0.2, 0.25) is 0 Å². The molecule has 2 amide bonds. The van der Waals surface area contributed by atoms with Gasteiger partial charge in [-0.25, -0.2) is 4.79 Å². The Morgan fingerprint density at radius 2 is 2.11 bits per heavy atom. The minimum Gasteiger partial charge on any atom is -0.481 e. The molecule has 2 N–H and O–H groups in total. The minimum atomic E-state index is -0.772. The summed E-state index contributed by atoms with van der Waals surface area (Å²) < 4.78 is 0. The van der Waals surface area contributed by atoms with Crippen LogP contribution in [0.3, 0.4) is 0 Å². The third-order valence-electron chi connectivity index (χ3n) is 3.46. The van der Waals surface area contributed by atoms with Crippen LogP contribution in [-0.2, 0) is 4.79 Å². The molecule has 0 spiro atoms. The van der Waals surface area contributed by atoms with Crippen molar-refractivity contribution in [3.63, 3.8) is 0 Å². The maximum absolute atomic E-state index is 11.9. The summed E-state index contributed by atoms with van der Waals surface area (Å²) in [6.07, 6.45) is 2.89. The zero-order chi connectivity index (χ0) is 13.8. The Morgan fingerprint density at radius 3 is 2.61 bits per heavy atom. The van der Waals surface area contributed by atoms with E-state index in [4.69, 9.17) is 0 Å². The topological polar surface area (TPSA) is 69.6 Å². The highest BCUT2D eigenvalue weighted by molar-refractivity contribution is 5.78. The first-order chi connectivity index (χ1) is 8.41. The number of aliphatic carboxylic acids is 1. The van der Waals surface area contributed by atoms with Crippen molar-refractivity contribution in [2.75, 3.05) is 13.1 Å². The summed E-state index contributed by atoms with van der Waals surface area (Å²) in [5.74, 6) is -0.772. The first kappa shape index (κ1) is 14.8. The minimum absolute atomic E-state index is 0.0739. The molecule has 1 atom stereocenters. The number of carboxylic acids is 1. The van der Waals surface area contributed by atoms with Gasteiger partial charge in [-0.3, -0.25) is 4.79 Å². The van der Waals surface area contributed by atoms with Crippen molar-refractivity contribution in [2.45, 2.75) is 52.5 Å². The molecule has 1 heterocycles. The SMILES string of the molecule is CCCC1(C(=O)O)CCCN(C(=O)NC(C)C)C1. The van der Waals surface area contributed by atoms with Gasteiger partial charge in [-0.05, 0) is 33.1 Å². The highest BCUT2D eigenvalue weighted by Gasteiger charge is 2.42. The fraction of sp³-hybridized carbons (Fsp3) is 0.846. The number of rotatable bonds is 4. The lowest BCUT2D eigenvalue weighted by atomic mass is 9.76. The molecule has 0 aromatic heterocycles. The lowest BCUT2D eigenvalue weighted by Gasteiger charge is -2.40. The second-order valence-electron chi connectivity index (χ2n) is 5.46. The van der Waals surface area contributed by atoms with Gasteiger partial charge in [0.1, 0.15) is 0 Å². The molecule has 0 aromatic carbocycles. The second-order valence-corrected chi connectivity index (χ2v) is 5.46. The maximum atomic E-state index is 11.9. The third-order valence-corrected chi connectivity index (χ3v) is 3.46. The Kier molecular flexibility index (Phi) is 4.99. The van der Waals surface area contributed by atoms with Crippen LogP contribution >= 0.6 is 0 Å². The highest BCUT2D eigenvalue weighted by Crippen LogP contribution is 2.35. The highest BCUT2D eigenvalue weighted by atomic mass is 16.4. The molecule has 1 unspecified atom stereocenters. The summed E-state index contributed by atoms with van der Waals surface area (Å²) in [4.78, 5) is 25.1. The van der Waals surface area contributed by atoms with Crippen LogP contribution in [-0.4, -0.2) is 41.1 Å². The molecule has 0 bridgehead atoms. The third kappa shape index (κ3) is 3.37. The summed E-state index contributed by atoms with van der Waals surface area (Å²) in [7, 11) is 0. The quantitative estimate of drug-likeness (QED) is 0.809. The van der Waals surface area contributed by atoms with Gasteiger partial charge in [0.25, 0.3) is 0 Å². The number of nitrogens with one attached hydrogen (secondary N) is 1. The van der Waals surface area contributed by atoms with E-state index in [1.165, 1.54) is 0 Å². The molecule has 5 heteroatoms. The molecular weight excluding hydrogens is 232 g/mol. The lowest BCUT2D eigenvalue weighted by molar-refractivity contribution is -0.152.